The van der Waals surface area contributed by atoms with Crippen molar-refractivity contribution in [1.82, 2.24) is 14.5 Å². The fourth-order valence-electron chi connectivity index (χ4n) is 6.13. The van der Waals surface area contributed by atoms with Gasteiger partial charge in [0.15, 0.2) is 0 Å². The molecule has 1 atom stereocenters. The summed E-state index contributed by atoms with van der Waals surface area (Å²) in [6, 6.07) is 4.61. The molecule has 0 radical (unpaired) electrons. The van der Waals surface area contributed by atoms with Crippen molar-refractivity contribution < 1.29 is 27.6 Å². The van der Waals surface area contributed by atoms with Crippen LogP contribution in [0.25, 0.3) is 10.9 Å². The van der Waals surface area contributed by atoms with E-state index in [1.54, 1.807) is 21.1 Å². The molecule has 2 aliphatic rings. The zero-order chi connectivity index (χ0) is 29.5. The molecule has 3 heterocycles. The van der Waals surface area contributed by atoms with E-state index in [1.807, 2.05) is 6.07 Å². The second-order valence-electron chi connectivity index (χ2n) is 11.1. The van der Waals surface area contributed by atoms with Gasteiger partial charge in [0, 0.05) is 43.9 Å². The van der Waals surface area contributed by atoms with Crippen molar-refractivity contribution in [2.45, 2.75) is 68.9 Å². The van der Waals surface area contributed by atoms with Crippen molar-refractivity contribution in [3.63, 3.8) is 0 Å². The first-order valence-electron chi connectivity index (χ1n) is 13.9. The first kappa shape index (κ1) is 29.8. The lowest BCUT2D eigenvalue weighted by molar-refractivity contribution is -0.0583. The second kappa shape index (κ2) is 11.5. The molecule has 1 saturated heterocycles. The number of aliphatic hydroxyl groups excluding tert-OH is 1. The van der Waals surface area contributed by atoms with Crippen molar-refractivity contribution in [3.8, 4) is 0 Å². The number of halogens is 3. The third-order valence-electron chi connectivity index (χ3n) is 8.61. The van der Waals surface area contributed by atoms with Gasteiger partial charge in [-0.15, -0.1) is 0 Å². The Hall–Kier alpha value is -2.67. The molecule has 1 aromatic carbocycles. The number of anilines is 1. The van der Waals surface area contributed by atoms with Gasteiger partial charge >= 0.3 is 5.69 Å². The maximum Gasteiger partial charge on any atom is 0.349 e. The maximum atomic E-state index is 15.3. The highest BCUT2D eigenvalue weighted by Gasteiger charge is 2.41. The molecule has 3 aromatic rings. The number of aliphatic hydroxyl groups is 1. The smallest absolute Gasteiger partial charge is 0.349 e. The molecule has 0 bridgehead atoms. The van der Waals surface area contributed by atoms with E-state index in [4.69, 9.17) is 14.8 Å². The zero-order valence-electron chi connectivity index (χ0n) is 23.4. The van der Waals surface area contributed by atoms with Gasteiger partial charge in [0.05, 0.1) is 28.5 Å². The molecule has 12 heteroatoms. The first-order valence-corrected chi connectivity index (χ1v) is 15.4. The molecule has 1 aliphatic carbocycles. The SMILES string of the molecule is COC1(c2cc3c(N[C@H](C)c4cccc(C(F)(F)CO)c4F)nc(=O)n(C)c3c(C3CCCC3)n2)CC[S+]([O-])CC1. The van der Waals surface area contributed by atoms with Gasteiger partial charge in [-0.2, -0.15) is 13.8 Å². The summed E-state index contributed by atoms with van der Waals surface area (Å²) in [7, 11) is 3.26. The molecule has 8 nitrogen and oxygen atoms in total. The van der Waals surface area contributed by atoms with Crippen LogP contribution in [0.2, 0.25) is 0 Å². The lowest BCUT2D eigenvalue weighted by Crippen LogP contribution is -2.39. The van der Waals surface area contributed by atoms with Crippen molar-refractivity contribution >= 4 is 27.9 Å². The Balaban J connectivity index is 1.67. The van der Waals surface area contributed by atoms with Gasteiger partial charge in [-0.3, -0.25) is 9.55 Å². The molecule has 5 rings (SSSR count). The minimum Gasteiger partial charge on any atom is -0.616 e. The number of benzene rings is 1. The Morgan fingerprint density at radius 2 is 1.95 bits per heavy atom. The van der Waals surface area contributed by atoms with E-state index in [0.717, 1.165) is 37.4 Å². The molecular formula is C29H35F3N4O4S. The van der Waals surface area contributed by atoms with E-state index in [1.165, 1.54) is 16.7 Å². The van der Waals surface area contributed by atoms with Crippen LogP contribution >= 0.6 is 0 Å². The Labute approximate surface area is 239 Å². The number of hydrogen-bond donors (Lipinski definition) is 2. The molecule has 2 fully saturated rings. The molecule has 0 amide bonds. The summed E-state index contributed by atoms with van der Waals surface area (Å²) < 4.78 is 63.5. The Kier molecular flexibility index (Phi) is 8.39. The molecule has 2 N–H and O–H groups in total. The van der Waals surface area contributed by atoms with Crippen LogP contribution in [0.1, 0.15) is 79.9 Å². The third-order valence-corrected chi connectivity index (χ3v) is 9.93. The van der Waals surface area contributed by atoms with E-state index in [0.29, 0.717) is 40.9 Å². The van der Waals surface area contributed by atoms with Crippen LogP contribution < -0.4 is 11.0 Å². The van der Waals surface area contributed by atoms with Crippen molar-refractivity contribution in [2.24, 2.45) is 7.05 Å². The number of aryl methyl sites for hydroxylation is 1. The van der Waals surface area contributed by atoms with Gasteiger partial charge < -0.3 is 19.7 Å². The summed E-state index contributed by atoms with van der Waals surface area (Å²) in [5, 5.41) is 12.8. The first-order chi connectivity index (χ1) is 19.5. The predicted octanol–water partition coefficient (Wildman–Crippen LogP) is 4.77. The lowest BCUT2D eigenvalue weighted by Gasteiger charge is -2.36. The Bertz CT molecular complexity index is 1490. The molecule has 1 aliphatic heterocycles. The molecule has 41 heavy (non-hydrogen) atoms. The number of nitrogens with one attached hydrogen (secondary N) is 1. The average Bonchev–Trinajstić information content (AvgIpc) is 3.51. The fourth-order valence-corrected chi connectivity index (χ4v) is 7.45. The number of fused-ring (bicyclic) bond motifs is 1. The topological polar surface area (TPSA) is 112 Å². The highest BCUT2D eigenvalue weighted by molar-refractivity contribution is 7.91. The summed E-state index contributed by atoms with van der Waals surface area (Å²) in [6.45, 7) is 0.0714. The van der Waals surface area contributed by atoms with Gasteiger partial charge in [-0.1, -0.05) is 36.2 Å². The summed E-state index contributed by atoms with van der Waals surface area (Å²) in [5.41, 5.74) is -0.203. The van der Waals surface area contributed by atoms with Crippen LogP contribution in [0.4, 0.5) is 19.0 Å². The Morgan fingerprint density at radius 1 is 1.27 bits per heavy atom. The monoisotopic (exact) mass is 592 g/mol. The fraction of sp³-hybridized carbons (Fsp3) is 0.552. The van der Waals surface area contributed by atoms with E-state index in [2.05, 4.69) is 10.3 Å². The van der Waals surface area contributed by atoms with Crippen LogP contribution in [0, 0.1) is 5.82 Å². The van der Waals surface area contributed by atoms with Crippen LogP contribution in [0.3, 0.4) is 0 Å². The summed E-state index contributed by atoms with van der Waals surface area (Å²) in [4.78, 5) is 22.5. The van der Waals surface area contributed by atoms with Crippen LogP contribution in [0.15, 0.2) is 29.1 Å². The number of alkyl halides is 2. The normalized spacial score (nSPS) is 22.8. The van der Waals surface area contributed by atoms with Crippen LogP contribution in [0.5, 0.6) is 0 Å². The number of ether oxygens (including phenoxy) is 1. The predicted molar refractivity (Wildman–Crippen MR) is 151 cm³/mol. The standard InChI is InChI=1S/C29H35F3N4O4S/c1-17(19-9-6-10-21(23(19)30)29(31,32)16-37)33-26-20-15-22(28(40-3)11-13-41(39)14-12-28)34-24(18-7-4-5-8-18)25(20)36(2)27(38)35-26/h6,9-10,15,17-18,37H,4-5,7-8,11-14,16H2,1-3H3,(H,33,35,38)/t17-,28?,41?/m1/s1. The van der Waals surface area contributed by atoms with Crippen LogP contribution in [-0.2, 0) is 34.5 Å². The van der Waals surface area contributed by atoms with Gasteiger partial charge in [-0.05, 0) is 31.9 Å². The quantitative estimate of drug-likeness (QED) is 0.363. The summed E-state index contributed by atoms with van der Waals surface area (Å²) in [5.74, 6) is -3.62. The molecule has 222 valence electrons. The maximum absolute atomic E-state index is 15.3. The van der Waals surface area contributed by atoms with Gasteiger partial charge in [0.25, 0.3) is 5.92 Å². The minimum atomic E-state index is -3.75. The molecular weight excluding hydrogens is 557 g/mol. The molecule has 0 unspecified atom stereocenters. The van der Waals surface area contributed by atoms with Crippen molar-refractivity contribution in [2.75, 3.05) is 30.5 Å². The largest absolute Gasteiger partial charge is 0.616 e. The second-order valence-corrected chi connectivity index (χ2v) is 12.8. The summed E-state index contributed by atoms with van der Waals surface area (Å²) >= 11 is -0.931. The van der Waals surface area contributed by atoms with E-state index in [9.17, 15) is 18.1 Å². The van der Waals surface area contributed by atoms with E-state index in [-0.39, 0.29) is 17.3 Å². The van der Waals surface area contributed by atoms with E-state index < -0.39 is 52.4 Å². The van der Waals surface area contributed by atoms with Crippen LogP contribution in [-0.4, -0.2) is 49.4 Å². The molecule has 2 aromatic heterocycles. The minimum absolute atomic E-state index is 0.0559. The lowest BCUT2D eigenvalue weighted by atomic mass is 9.89. The number of methoxy groups -OCH3 is 1. The summed E-state index contributed by atoms with van der Waals surface area (Å²) in [6.07, 6.45) is 4.97. The highest BCUT2D eigenvalue weighted by Crippen LogP contribution is 2.43. The average molecular weight is 593 g/mol. The molecule has 0 spiro atoms. The molecule has 1 saturated carbocycles. The number of nitrogens with zero attached hydrogens (tertiary/aromatic N) is 3. The highest BCUT2D eigenvalue weighted by atomic mass is 32.2. The van der Waals surface area contributed by atoms with E-state index >= 15 is 4.39 Å². The number of aromatic nitrogens is 3. The van der Waals surface area contributed by atoms with Gasteiger partial charge in [0.1, 0.15) is 35.3 Å². The van der Waals surface area contributed by atoms with Crippen molar-refractivity contribution in [1.29, 1.82) is 0 Å². The third kappa shape index (κ3) is 5.47. The van der Waals surface area contributed by atoms with Gasteiger partial charge in [-0.25, -0.2) is 9.18 Å². The van der Waals surface area contributed by atoms with Crippen molar-refractivity contribution in [3.05, 3.63) is 63.1 Å². The zero-order valence-corrected chi connectivity index (χ0v) is 24.2. The number of pyridine rings is 1. The Morgan fingerprint density at radius 3 is 2.59 bits per heavy atom. The van der Waals surface area contributed by atoms with Gasteiger partial charge in [0.2, 0.25) is 0 Å². The number of hydrogen-bond acceptors (Lipinski definition) is 7. The number of rotatable bonds is 8.